The predicted molar refractivity (Wildman–Crippen MR) is 112 cm³/mol. The fraction of sp³-hybridized carbons (Fsp3) is 0.391. The molecule has 0 aromatic heterocycles. The van der Waals surface area contributed by atoms with Gasteiger partial charge in [-0.15, -0.1) is 0 Å². The third-order valence-corrected chi connectivity index (χ3v) is 5.56. The number of carbonyl (C=O) groups is 1. The molecule has 1 aliphatic heterocycles. The lowest BCUT2D eigenvalue weighted by atomic mass is 9.96. The first-order valence-corrected chi connectivity index (χ1v) is 10.0. The number of methoxy groups -OCH3 is 1. The smallest absolute Gasteiger partial charge is 0.384 e. The van der Waals surface area contributed by atoms with E-state index in [0.717, 1.165) is 18.1 Å². The molecule has 1 fully saturated rings. The van der Waals surface area contributed by atoms with Crippen molar-refractivity contribution < 1.29 is 22.7 Å². The molecule has 0 aliphatic carbocycles. The Labute approximate surface area is 179 Å². The predicted octanol–water partition coefficient (Wildman–Crippen LogP) is 4.48. The van der Waals surface area contributed by atoms with Gasteiger partial charge in [-0.3, -0.25) is 4.79 Å². The van der Waals surface area contributed by atoms with Crippen molar-refractivity contribution in [2.24, 2.45) is 11.8 Å². The third kappa shape index (κ3) is 5.17. The van der Waals surface area contributed by atoms with E-state index >= 15 is 0 Å². The van der Waals surface area contributed by atoms with E-state index < -0.39 is 23.2 Å². The summed E-state index contributed by atoms with van der Waals surface area (Å²) in [6.07, 6.45) is -3.79. The van der Waals surface area contributed by atoms with Crippen LogP contribution < -0.4 is 10.2 Å². The van der Waals surface area contributed by atoms with Gasteiger partial charge >= 0.3 is 6.18 Å². The summed E-state index contributed by atoms with van der Waals surface area (Å²) in [6.45, 7) is 2.98. The monoisotopic (exact) mass is 431 g/mol. The number of ether oxygens (including phenoxy) is 1. The average Bonchev–Trinajstić information content (AvgIpc) is 3.17. The van der Waals surface area contributed by atoms with Gasteiger partial charge in [0.2, 0.25) is 5.91 Å². The van der Waals surface area contributed by atoms with Crippen LogP contribution in [0.4, 0.5) is 24.5 Å². The van der Waals surface area contributed by atoms with Gasteiger partial charge in [-0.25, -0.2) is 0 Å². The molecule has 1 amide bonds. The highest BCUT2D eigenvalue weighted by Gasteiger charge is 2.39. The number of aryl methyl sites for hydroxylation is 1. The highest BCUT2D eigenvalue weighted by atomic mass is 19.4. The summed E-state index contributed by atoms with van der Waals surface area (Å²) >= 11 is 0. The van der Waals surface area contributed by atoms with E-state index in [1.54, 1.807) is 11.0 Å². The minimum Gasteiger partial charge on any atom is -0.384 e. The molecule has 8 heteroatoms. The number of nitrogens with zero attached hydrogens (tertiary/aromatic N) is 2. The highest BCUT2D eigenvalue weighted by Crippen LogP contribution is 2.36. The molecule has 0 radical (unpaired) electrons. The lowest BCUT2D eigenvalue weighted by Crippen LogP contribution is -2.31. The van der Waals surface area contributed by atoms with E-state index in [2.05, 4.69) is 5.32 Å². The zero-order valence-corrected chi connectivity index (χ0v) is 17.4. The maximum absolute atomic E-state index is 13.4. The summed E-state index contributed by atoms with van der Waals surface area (Å²) in [6, 6.07) is 12.8. The summed E-state index contributed by atoms with van der Waals surface area (Å²) in [4.78, 5) is 14.7. The van der Waals surface area contributed by atoms with Crippen molar-refractivity contribution in [2.45, 2.75) is 19.5 Å². The first kappa shape index (κ1) is 22.6. The fourth-order valence-corrected chi connectivity index (χ4v) is 3.93. The van der Waals surface area contributed by atoms with E-state index in [1.165, 1.54) is 19.2 Å². The van der Waals surface area contributed by atoms with E-state index in [4.69, 9.17) is 10.00 Å². The number of hydrogen-bond donors (Lipinski definition) is 1. The van der Waals surface area contributed by atoms with E-state index in [9.17, 15) is 18.0 Å². The Morgan fingerprint density at radius 3 is 2.68 bits per heavy atom. The Hall–Kier alpha value is -3.05. The molecule has 1 saturated heterocycles. The zero-order chi connectivity index (χ0) is 22.6. The van der Waals surface area contributed by atoms with Crippen LogP contribution in [0.3, 0.4) is 0 Å². The lowest BCUT2D eigenvalue weighted by molar-refractivity contribution is -0.137. The number of nitriles is 1. The molecule has 2 aromatic rings. The standard InChI is InChI=1S/C23H24F3N3O2/c1-3-15-5-4-6-18(9-15)28-22(30)20-13-29(12-17(20)14-31-2)19-8-7-16(11-27)21(10-19)23(24,25)26/h4-10,17,20H,3,12-14H2,1-2H3,(H,28,30)/t17-,20+/m1/s1. The third-order valence-electron chi connectivity index (χ3n) is 5.56. The molecular formula is C23H24F3N3O2. The Bertz CT molecular complexity index is 985. The molecule has 3 rings (SSSR count). The number of amides is 1. The van der Waals surface area contributed by atoms with Crippen LogP contribution in [0.5, 0.6) is 0 Å². The highest BCUT2D eigenvalue weighted by molar-refractivity contribution is 5.93. The van der Waals surface area contributed by atoms with Gasteiger partial charge in [-0.1, -0.05) is 19.1 Å². The van der Waals surface area contributed by atoms with Gasteiger partial charge < -0.3 is 15.0 Å². The normalized spacial score (nSPS) is 18.6. The van der Waals surface area contributed by atoms with Crippen molar-refractivity contribution >= 4 is 17.3 Å². The van der Waals surface area contributed by atoms with Crippen LogP contribution in [-0.2, 0) is 22.1 Å². The average molecular weight is 431 g/mol. The molecule has 31 heavy (non-hydrogen) atoms. The lowest BCUT2D eigenvalue weighted by Gasteiger charge is -2.20. The topological polar surface area (TPSA) is 65.4 Å². The van der Waals surface area contributed by atoms with Crippen molar-refractivity contribution in [3.63, 3.8) is 0 Å². The number of carbonyl (C=O) groups excluding carboxylic acids is 1. The largest absolute Gasteiger partial charge is 0.417 e. The second kappa shape index (κ2) is 9.40. The number of benzene rings is 2. The Morgan fingerprint density at radius 2 is 2.03 bits per heavy atom. The van der Waals surface area contributed by atoms with E-state index in [1.807, 2.05) is 31.2 Å². The number of hydrogen-bond acceptors (Lipinski definition) is 4. The van der Waals surface area contributed by atoms with E-state index in [0.29, 0.717) is 24.5 Å². The van der Waals surface area contributed by atoms with Gasteiger partial charge in [-0.2, -0.15) is 18.4 Å². The number of rotatable bonds is 6. The maximum Gasteiger partial charge on any atom is 0.417 e. The van der Waals surface area contributed by atoms with Crippen molar-refractivity contribution in [3.05, 3.63) is 59.2 Å². The molecule has 1 heterocycles. The van der Waals surface area contributed by atoms with Crippen LogP contribution >= 0.6 is 0 Å². The molecule has 2 atom stereocenters. The SMILES string of the molecule is CCc1cccc(NC(=O)[C@H]2CN(c3ccc(C#N)c(C(F)(F)F)c3)C[C@@H]2COC)c1. The number of alkyl halides is 3. The van der Waals surface area contributed by atoms with Gasteiger partial charge in [0.15, 0.2) is 0 Å². The molecule has 164 valence electrons. The van der Waals surface area contributed by atoms with Gasteiger partial charge in [0.25, 0.3) is 0 Å². The summed E-state index contributed by atoms with van der Waals surface area (Å²) in [5, 5.41) is 11.9. The van der Waals surface area contributed by atoms with Crippen molar-refractivity contribution in [2.75, 3.05) is 37.0 Å². The first-order valence-electron chi connectivity index (χ1n) is 10.0. The molecule has 0 saturated carbocycles. The summed E-state index contributed by atoms with van der Waals surface area (Å²) in [7, 11) is 1.53. The van der Waals surface area contributed by atoms with E-state index in [-0.39, 0.29) is 18.4 Å². The van der Waals surface area contributed by atoms with Crippen LogP contribution in [0, 0.1) is 23.2 Å². The second-order valence-corrected chi connectivity index (χ2v) is 7.61. The molecular weight excluding hydrogens is 407 g/mol. The summed E-state index contributed by atoms with van der Waals surface area (Å²) < 4.78 is 45.3. The quantitative estimate of drug-likeness (QED) is 0.733. The van der Waals surface area contributed by atoms with Crippen LogP contribution in [-0.4, -0.2) is 32.7 Å². The molecule has 0 unspecified atom stereocenters. The van der Waals surface area contributed by atoms with Crippen LogP contribution in [0.2, 0.25) is 0 Å². The number of halogens is 3. The fourth-order valence-electron chi connectivity index (χ4n) is 3.93. The minimum absolute atomic E-state index is 0.177. The summed E-state index contributed by atoms with van der Waals surface area (Å²) in [5.41, 5.74) is 0.720. The van der Waals surface area contributed by atoms with Crippen molar-refractivity contribution in [1.29, 1.82) is 5.26 Å². The molecule has 0 spiro atoms. The van der Waals surface area contributed by atoms with Gasteiger partial charge in [0, 0.05) is 37.5 Å². The molecule has 1 aliphatic rings. The summed E-state index contributed by atoms with van der Waals surface area (Å²) in [5.74, 6) is -0.818. The molecule has 2 aromatic carbocycles. The van der Waals surface area contributed by atoms with Crippen molar-refractivity contribution in [3.8, 4) is 6.07 Å². The number of nitrogens with one attached hydrogen (secondary N) is 1. The molecule has 1 N–H and O–H groups in total. The van der Waals surface area contributed by atoms with Crippen molar-refractivity contribution in [1.82, 2.24) is 0 Å². The first-order chi connectivity index (χ1) is 14.8. The van der Waals surface area contributed by atoms with Gasteiger partial charge in [-0.05, 0) is 42.3 Å². The Kier molecular flexibility index (Phi) is 6.86. The molecule has 5 nitrogen and oxygen atoms in total. The maximum atomic E-state index is 13.4. The van der Waals surface area contributed by atoms with Crippen LogP contribution in [0.15, 0.2) is 42.5 Å². The molecule has 0 bridgehead atoms. The Morgan fingerprint density at radius 1 is 1.26 bits per heavy atom. The minimum atomic E-state index is -4.63. The number of anilines is 2. The van der Waals surface area contributed by atoms with Gasteiger partial charge in [0.1, 0.15) is 0 Å². The Balaban J connectivity index is 1.83. The zero-order valence-electron chi connectivity index (χ0n) is 17.4. The van der Waals surface area contributed by atoms with Crippen LogP contribution in [0.25, 0.3) is 0 Å². The van der Waals surface area contributed by atoms with Gasteiger partial charge in [0.05, 0.1) is 29.7 Å². The van der Waals surface area contributed by atoms with Crippen LogP contribution in [0.1, 0.15) is 23.6 Å². The second-order valence-electron chi connectivity index (χ2n) is 7.61.